The Morgan fingerprint density at radius 2 is 1.96 bits per heavy atom. The van der Waals surface area contributed by atoms with Gasteiger partial charge in [0.2, 0.25) is 0 Å². The Labute approximate surface area is 139 Å². The summed E-state index contributed by atoms with van der Waals surface area (Å²) in [6.07, 6.45) is 0. The maximum atomic E-state index is 12.2. The molecule has 0 atom stereocenters. The Kier molecular flexibility index (Phi) is 6.10. The zero-order valence-corrected chi connectivity index (χ0v) is 14.6. The molecule has 0 radical (unpaired) electrons. The summed E-state index contributed by atoms with van der Waals surface area (Å²) in [5.41, 5.74) is 2.32. The van der Waals surface area contributed by atoms with Crippen molar-refractivity contribution >= 4 is 11.7 Å². The van der Waals surface area contributed by atoms with Gasteiger partial charge in [0.1, 0.15) is 5.75 Å². The van der Waals surface area contributed by atoms with E-state index in [1.165, 1.54) is 5.56 Å². The lowest BCUT2D eigenvalue weighted by atomic mass is 10.1. The number of nitrogens with one attached hydrogen (secondary N) is 1. The minimum absolute atomic E-state index is 0.0303. The van der Waals surface area contributed by atoms with Crippen molar-refractivity contribution in [3.8, 4) is 5.75 Å². The van der Waals surface area contributed by atoms with E-state index in [2.05, 4.69) is 34.2 Å². The predicted molar refractivity (Wildman–Crippen MR) is 93.5 cm³/mol. The molecule has 6 heteroatoms. The number of carbonyl (C=O) groups is 1. The van der Waals surface area contributed by atoms with E-state index in [0.29, 0.717) is 6.54 Å². The predicted octanol–water partition coefficient (Wildman–Crippen LogP) is 1.40. The minimum atomic E-state index is 0.0303. The normalized spacial score (nSPS) is 15.0. The number of carbonyl (C=O) groups excluding carboxylic acids is 1. The number of aryl methyl sites for hydroxylation is 1. The highest BCUT2D eigenvalue weighted by Crippen LogP contribution is 2.29. The van der Waals surface area contributed by atoms with Gasteiger partial charge in [0.15, 0.2) is 0 Å². The molecule has 2 rings (SSSR count). The van der Waals surface area contributed by atoms with Gasteiger partial charge >= 0.3 is 6.03 Å². The van der Waals surface area contributed by atoms with Gasteiger partial charge in [-0.05, 0) is 38.7 Å². The van der Waals surface area contributed by atoms with Crippen LogP contribution >= 0.6 is 0 Å². The Morgan fingerprint density at radius 1 is 1.26 bits per heavy atom. The van der Waals surface area contributed by atoms with Crippen LogP contribution in [0.15, 0.2) is 18.2 Å². The molecule has 0 spiro atoms. The largest absolute Gasteiger partial charge is 0.495 e. The van der Waals surface area contributed by atoms with Gasteiger partial charge in [0, 0.05) is 39.3 Å². The van der Waals surface area contributed by atoms with Crippen LogP contribution in [0, 0.1) is 6.92 Å². The number of methoxy groups -OCH3 is 1. The van der Waals surface area contributed by atoms with Crippen LogP contribution in [0.5, 0.6) is 5.75 Å². The van der Waals surface area contributed by atoms with Crippen molar-refractivity contribution in [3.63, 3.8) is 0 Å². The molecule has 0 bridgehead atoms. The summed E-state index contributed by atoms with van der Waals surface area (Å²) >= 11 is 0. The molecule has 1 aliphatic heterocycles. The third-order valence-corrected chi connectivity index (χ3v) is 4.08. The van der Waals surface area contributed by atoms with Crippen LogP contribution in [-0.4, -0.2) is 76.3 Å². The standard InChI is InChI=1S/C17H28N4O2/c1-14-5-6-16(23-4)15(13-14)20-9-11-21(12-10-20)17(22)18-7-8-19(2)3/h5-6,13H,7-12H2,1-4H3,(H,18,22). The van der Waals surface area contributed by atoms with Crippen LogP contribution in [0.2, 0.25) is 0 Å². The van der Waals surface area contributed by atoms with Gasteiger partial charge in [-0.2, -0.15) is 0 Å². The van der Waals surface area contributed by atoms with E-state index in [1.54, 1.807) is 7.11 Å². The molecule has 0 unspecified atom stereocenters. The monoisotopic (exact) mass is 320 g/mol. The number of anilines is 1. The van der Waals surface area contributed by atoms with Crippen molar-refractivity contribution in [2.45, 2.75) is 6.92 Å². The van der Waals surface area contributed by atoms with Gasteiger partial charge in [-0.25, -0.2) is 4.79 Å². The topological polar surface area (TPSA) is 48.1 Å². The number of nitrogens with zero attached hydrogens (tertiary/aromatic N) is 3. The number of urea groups is 1. The molecule has 1 aromatic carbocycles. The fourth-order valence-electron chi connectivity index (χ4n) is 2.70. The molecule has 1 aliphatic rings. The number of likely N-dealkylation sites (N-methyl/N-ethyl adjacent to an activating group) is 1. The van der Waals surface area contributed by atoms with Gasteiger partial charge in [0.25, 0.3) is 0 Å². The number of hydrogen-bond acceptors (Lipinski definition) is 4. The number of piperazine rings is 1. The first-order valence-electron chi connectivity index (χ1n) is 8.08. The summed E-state index contributed by atoms with van der Waals surface area (Å²) in [7, 11) is 5.70. The van der Waals surface area contributed by atoms with Crippen molar-refractivity contribution in [2.75, 3.05) is 65.4 Å². The van der Waals surface area contributed by atoms with Gasteiger partial charge < -0.3 is 24.8 Å². The molecule has 0 saturated carbocycles. The molecule has 1 fully saturated rings. The average Bonchev–Trinajstić information content (AvgIpc) is 2.54. The number of ether oxygens (including phenoxy) is 1. The SMILES string of the molecule is COc1ccc(C)cc1N1CCN(C(=O)NCCN(C)C)CC1. The fourth-order valence-corrected chi connectivity index (χ4v) is 2.70. The van der Waals surface area contributed by atoms with Crippen molar-refractivity contribution in [1.29, 1.82) is 0 Å². The number of hydrogen-bond donors (Lipinski definition) is 1. The molecule has 1 heterocycles. The van der Waals surface area contributed by atoms with Gasteiger partial charge in [0.05, 0.1) is 12.8 Å². The molecule has 0 aromatic heterocycles. The zero-order chi connectivity index (χ0) is 16.8. The van der Waals surface area contributed by atoms with E-state index >= 15 is 0 Å². The van der Waals surface area contributed by atoms with E-state index in [9.17, 15) is 4.79 Å². The first-order valence-corrected chi connectivity index (χ1v) is 8.08. The lowest BCUT2D eigenvalue weighted by Crippen LogP contribution is -2.52. The number of amides is 2. The maximum absolute atomic E-state index is 12.2. The second kappa shape index (κ2) is 8.06. The third-order valence-electron chi connectivity index (χ3n) is 4.08. The second-order valence-corrected chi connectivity index (χ2v) is 6.18. The number of benzene rings is 1. The quantitative estimate of drug-likeness (QED) is 0.891. The molecular weight excluding hydrogens is 292 g/mol. The van der Waals surface area contributed by atoms with Crippen LogP contribution in [-0.2, 0) is 0 Å². The molecule has 6 nitrogen and oxygen atoms in total. The van der Waals surface area contributed by atoms with Crippen molar-refractivity contribution < 1.29 is 9.53 Å². The third kappa shape index (κ3) is 4.76. The lowest BCUT2D eigenvalue weighted by Gasteiger charge is -2.36. The van der Waals surface area contributed by atoms with E-state index in [1.807, 2.05) is 25.1 Å². The van der Waals surface area contributed by atoms with Gasteiger partial charge in [-0.3, -0.25) is 0 Å². The summed E-state index contributed by atoms with van der Waals surface area (Å²) in [6, 6.07) is 6.23. The van der Waals surface area contributed by atoms with E-state index in [0.717, 1.165) is 44.2 Å². The highest BCUT2D eigenvalue weighted by molar-refractivity contribution is 5.74. The van der Waals surface area contributed by atoms with Crippen LogP contribution in [0.1, 0.15) is 5.56 Å². The van der Waals surface area contributed by atoms with Crippen molar-refractivity contribution in [1.82, 2.24) is 15.1 Å². The Morgan fingerprint density at radius 3 is 2.57 bits per heavy atom. The molecule has 1 aromatic rings. The smallest absolute Gasteiger partial charge is 0.317 e. The second-order valence-electron chi connectivity index (χ2n) is 6.18. The summed E-state index contributed by atoms with van der Waals surface area (Å²) in [4.78, 5) is 18.4. The van der Waals surface area contributed by atoms with Gasteiger partial charge in [-0.15, -0.1) is 0 Å². The molecule has 23 heavy (non-hydrogen) atoms. The van der Waals surface area contributed by atoms with Crippen LogP contribution in [0.25, 0.3) is 0 Å². The lowest BCUT2D eigenvalue weighted by molar-refractivity contribution is 0.193. The summed E-state index contributed by atoms with van der Waals surface area (Å²) in [5, 5.41) is 2.97. The molecular formula is C17H28N4O2. The highest BCUT2D eigenvalue weighted by Gasteiger charge is 2.22. The van der Waals surface area contributed by atoms with E-state index < -0.39 is 0 Å². The molecule has 1 N–H and O–H groups in total. The first-order chi connectivity index (χ1) is 11.0. The summed E-state index contributed by atoms with van der Waals surface area (Å²) < 4.78 is 5.46. The van der Waals surface area contributed by atoms with E-state index in [4.69, 9.17) is 4.74 Å². The van der Waals surface area contributed by atoms with Crippen LogP contribution < -0.4 is 15.0 Å². The molecule has 128 valence electrons. The van der Waals surface area contributed by atoms with Gasteiger partial charge in [-0.1, -0.05) is 6.07 Å². The average molecular weight is 320 g/mol. The van der Waals surface area contributed by atoms with Crippen molar-refractivity contribution in [3.05, 3.63) is 23.8 Å². The van der Waals surface area contributed by atoms with Crippen molar-refractivity contribution in [2.24, 2.45) is 0 Å². The van der Waals surface area contributed by atoms with Crippen LogP contribution in [0.3, 0.4) is 0 Å². The summed E-state index contributed by atoms with van der Waals surface area (Å²) in [6.45, 7) is 6.71. The van der Waals surface area contributed by atoms with Crippen LogP contribution in [0.4, 0.5) is 10.5 Å². The zero-order valence-electron chi connectivity index (χ0n) is 14.6. The Hall–Kier alpha value is -1.95. The highest BCUT2D eigenvalue weighted by atomic mass is 16.5. The molecule has 0 aliphatic carbocycles. The Bertz CT molecular complexity index is 525. The Balaban J connectivity index is 1.88. The minimum Gasteiger partial charge on any atom is -0.495 e. The molecule has 2 amide bonds. The van der Waals surface area contributed by atoms with E-state index in [-0.39, 0.29) is 6.03 Å². The maximum Gasteiger partial charge on any atom is 0.317 e. The number of rotatable bonds is 5. The first kappa shape index (κ1) is 17.4. The summed E-state index contributed by atoms with van der Waals surface area (Å²) in [5.74, 6) is 0.888. The fraction of sp³-hybridized carbons (Fsp3) is 0.588. The molecule has 1 saturated heterocycles.